The van der Waals surface area contributed by atoms with Crippen LogP contribution in [0.4, 0.5) is 11.5 Å². The molecule has 9 heteroatoms. The van der Waals surface area contributed by atoms with Crippen molar-refractivity contribution in [2.24, 2.45) is 0 Å². The van der Waals surface area contributed by atoms with Crippen molar-refractivity contribution < 1.29 is 4.79 Å². The Bertz CT molecular complexity index is 895. The number of nitrogen functional groups attached to an aromatic ring is 1. The van der Waals surface area contributed by atoms with Crippen molar-refractivity contribution in [1.29, 1.82) is 0 Å². The van der Waals surface area contributed by atoms with Gasteiger partial charge in [0.05, 0.1) is 6.20 Å². The van der Waals surface area contributed by atoms with E-state index in [1.807, 2.05) is 20.8 Å². The maximum atomic E-state index is 12.9. The van der Waals surface area contributed by atoms with Crippen LogP contribution < -0.4 is 21.9 Å². The predicted octanol–water partition coefficient (Wildman–Crippen LogP) is 1.26. The number of unbranched alkanes of at least 4 members (excludes halogenated alkanes) is 2. The highest BCUT2D eigenvalue weighted by Gasteiger charge is 2.24. The van der Waals surface area contributed by atoms with E-state index in [1.54, 1.807) is 12.4 Å². The number of nitrogens with zero attached hydrogens (tertiary/aromatic N) is 4. The Balaban J connectivity index is 2.44. The van der Waals surface area contributed by atoms with Gasteiger partial charge in [-0.25, -0.2) is 4.79 Å². The van der Waals surface area contributed by atoms with E-state index in [9.17, 15) is 14.4 Å². The third kappa shape index (κ3) is 4.87. The number of anilines is 2. The molecule has 2 rings (SSSR count). The van der Waals surface area contributed by atoms with Crippen LogP contribution >= 0.6 is 0 Å². The number of nitrogens with one attached hydrogen (secondary N) is 1. The molecule has 0 aromatic carbocycles. The standard InChI is InChI=1S/C18H28N6O3/c1-4-6-8-23(14(25)12-22-11-13(3)10-20-22)15-16(19)24(9-7-5-2)18(27)21-17(15)26/h10-11H,4-9,12,19H2,1-3H3,(H,21,26,27). The molecule has 0 aliphatic carbocycles. The van der Waals surface area contributed by atoms with Crippen LogP contribution in [0, 0.1) is 6.92 Å². The first-order chi connectivity index (χ1) is 12.9. The number of amides is 1. The number of carbonyl (C=O) groups is 1. The first-order valence-electron chi connectivity index (χ1n) is 9.31. The van der Waals surface area contributed by atoms with Crippen LogP contribution in [0.25, 0.3) is 0 Å². The van der Waals surface area contributed by atoms with Crippen molar-refractivity contribution in [3.63, 3.8) is 0 Å². The van der Waals surface area contributed by atoms with E-state index < -0.39 is 11.2 Å². The molecule has 0 spiro atoms. The molecule has 0 radical (unpaired) electrons. The van der Waals surface area contributed by atoms with Crippen molar-refractivity contribution in [2.45, 2.75) is 59.5 Å². The van der Waals surface area contributed by atoms with Crippen LogP contribution in [0.2, 0.25) is 0 Å². The smallest absolute Gasteiger partial charge is 0.330 e. The summed E-state index contributed by atoms with van der Waals surface area (Å²) >= 11 is 0. The van der Waals surface area contributed by atoms with Gasteiger partial charge >= 0.3 is 5.69 Å². The fourth-order valence-corrected chi connectivity index (χ4v) is 2.83. The normalized spacial score (nSPS) is 10.9. The molecule has 1 amide bonds. The summed E-state index contributed by atoms with van der Waals surface area (Å²) in [4.78, 5) is 41.2. The van der Waals surface area contributed by atoms with Gasteiger partial charge in [-0.05, 0) is 25.3 Å². The molecule has 2 aromatic heterocycles. The number of hydrogen-bond acceptors (Lipinski definition) is 5. The fourth-order valence-electron chi connectivity index (χ4n) is 2.83. The second-order valence-electron chi connectivity index (χ2n) is 6.61. The Morgan fingerprint density at radius 1 is 1.26 bits per heavy atom. The molecule has 3 N–H and O–H groups in total. The summed E-state index contributed by atoms with van der Waals surface area (Å²) in [6, 6.07) is 0. The van der Waals surface area contributed by atoms with Gasteiger partial charge in [0.1, 0.15) is 12.4 Å². The monoisotopic (exact) mass is 376 g/mol. The highest BCUT2D eigenvalue weighted by molar-refractivity contribution is 5.95. The van der Waals surface area contributed by atoms with Crippen LogP contribution in [0.1, 0.15) is 45.1 Å². The first-order valence-corrected chi connectivity index (χ1v) is 9.31. The average Bonchev–Trinajstić information content (AvgIpc) is 3.02. The van der Waals surface area contributed by atoms with Gasteiger partial charge in [-0.15, -0.1) is 0 Å². The minimum atomic E-state index is -0.647. The van der Waals surface area contributed by atoms with E-state index in [0.717, 1.165) is 24.8 Å². The zero-order valence-corrected chi connectivity index (χ0v) is 16.2. The van der Waals surface area contributed by atoms with E-state index >= 15 is 0 Å². The number of nitrogens with two attached hydrogens (primary N) is 1. The van der Waals surface area contributed by atoms with E-state index in [2.05, 4.69) is 10.1 Å². The lowest BCUT2D eigenvalue weighted by atomic mass is 10.2. The highest BCUT2D eigenvalue weighted by Crippen LogP contribution is 2.18. The molecule has 2 aromatic rings. The Kier molecular flexibility index (Phi) is 6.98. The lowest BCUT2D eigenvalue weighted by Gasteiger charge is -2.24. The second-order valence-corrected chi connectivity index (χ2v) is 6.61. The zero-order chi connectivity index (χ0) is 20.0. The molecule has 0 saturated carbocycles. The fraction of sp³-hybridized carbons (Fsp3) is 0.556. The number of aryl methyl sites for hydroxylation is 1. The van der Waals surface area contributed by atoms with Crippen LogP contribution in [0.15, 0.2) is 22.0 Å². The zero-order valence-electron chi connectivity index (χ0n) is 16.2. The van der Waals surface area contributed by atoms with Crippen molar-refractivity contribution in [3.05, 3.63) is 38.8 Å². The largest absolute Gasteiger partial charge is 0.383 e. The van der Waals surface area contributed by atoms with Gasteiger partial charge in [0.25, 0.3) is 5.56 Å². The van der Waals surface area contributed by atoms with Gasteiger partial charge in [0.2, 0.25) is 5.91 Å². The van der Waals surface area contributed by atoms with E-state index in [1.165, 1.54) is 14.1 Å². The van der Waals surface area contributed by atoms with Crippen molar-refractivity contribution >= 4 is 17.4 Å². The Labute approximate surface area is 157 Å². The Morgan fingerprint density at radius 2 is 1.96 bits per heavy atom. The molecule has 148 valence electrons. The van der Waals surface area contributed by atoms with Crippen LogP contribution in [0.5, 0.6) is 0 Å². The molecule has 0 bridgehead atoms. The third-order valence-corrected chi connectivity index (χ3v) is 4.32. The number of aromatic amines is 1. The van der Waals surface area contributed by atoms with E-state index in [0.29, 0.717) is 19.5 Å². The maximum Gasteiger partial charge on any atom is 0.330 e. The molecular formula is C18H28N6O3. The summed E-state index contributed by atoms with van der Waals surface area (Å²) in [5.74, 6) is -0.275. The summed E-state index contributed by atoms with van der Waals surface area (Å²) in [6.45, 7) is 6.60. The number of H-pyrrole nitrogens is 1. The Morgan fingerprint density at radius 3 is 2.56 bits per heavy atom. The third-order valence-electron chi connectivity index (χ3n) is 4.32. The summed E-state index contributed by atoms with van der Waals surface area (Å²) in [7, 11) is 0. The second kappa shape index (κ2) is 9.20. The summed E-state index contributed by atoms with van der Waals surface area (Å²) in [6.07, 6.45) is 6.58. The number of aromatic nitrogens is 4. The van der Waals surface area contributed by atoms with Crippen LogP contribution in [-0.2, 0) is 17.9 Å². The van der Waals surface area contributed by atoms with E-state index in [-0.39, 0.29) is 24.0 Å². The van der Waals surface area contributed by atoms with Gasteiger partial charge < -0.3 is 10.6 Å². The first kappa shape index (κ1) is 20.5. The lowest BCUT2D eigenvalue weighted by Crippen LogP contribution is -2.42. The summed E-state index contributed by atoms with van der Waals surface area (Å²) in [5, 5.41) is 4.13. The molecule has 0 saturated heterocycles. The topological polar surface area (TPSA) is 119 Å². The number of hydrogen-bond donors (Lipinski definition) is 2. The average molecular weight is 376 g/mol. The van der Waals surface area contributed by atoms with Crippen molar-refractivity contribution in [1.82, 2.24) is 19.3 Å². The predicted molar refractivity (Wildman–Crippen MR) is 105 cm³/mol. The SMILES string of the molecule is CCCCN(C(=O)Cn1cc(C)cn1)c1c(N)n(CCCC)c(=O)[nH]c1=O. The van der Waals surface area contributed by atoms with E-state index in [4.69, 9.17) is 5.73 Å². The molecule has 0 aliphatic rings. The molecule has 9 nitrogen and oxygen atoms in total. The van der Waals surface area contributed by atoms with Gasteiger partial charge in [0, 0.05) is 19.3 Å². The van der Waals surface area contributed by atoms with Crippen molar-refractivity contribution in [2.75, 3.05) is 17.2 Å². The van der Waals surface area contributed by atoms with Gasteiger partial charge in [-0.1, -0.05) is 26.7 Å². The molecule has 2 heterocycles. The van der Waals surface area contributed by atoms with Crippen LogP contribution in [-0.4, -0.2) is 31.8 Å². The Hall–Kier alpha value is -2.84. The molecule has 0 atom stereocenters. The lowest BCUT2D eigenvalue weighted by molar-refractivity contribution is -0.119. The molecule has 0 fully saturated rings. The number of rotatable bonds is 9. The molecule has 0 aliphatic heterocycles. The minimum Gasteiger partial charge on any atom is -0.383 e. The van der Waals surface area contributed by atoms with Crippen molar-refractivity contribution in [3.8, 4) is 0 Å². The number of carbonyl (C=O) groups excluding carboxylic acids is 1. The quantitative estimate of drug-likeness (QED) is 0.683. The van der Waals surface area contributed by atoms with Gasteiger partial charge in [-0.3, -0.25) is 23.8 Å². The molecular weight excluding hydrogens is 348 g/mol. The van der Waals surface area contributed by atoms with Crippen LogP contribution in [0.3, 0.4) is 0 Å². The summed E-state index contributed by atoms with van der Waals surface area (Å²) in [5.41, 5.74) is 5.93. The molecule has 0 unspecified atom stereocenters. The summed E-state index contributed by atoms with van der Waals surface area (Å²) < 4.78 is 2.85. The highest BCUT2D eigenvalue weighted by atomic mass is 16.2. The van der Waals surface area contributed by atoms with Gasteiger partial charge in [-0.2, -0.15) is 5.10 Å². The van der Waals surface area contributed by atoms with Gasteiger partial charge in [0.15, 0.2) is 5.69 Å². The maximum absolute atomic E-state index is 12.9. The minimum absolute atomic E-state index is 0.00940. The molecule has 27 heavy (non-hydrogen) atoms.